The summed E-state index contributed by atoms with van der Waals surface area (Å²) in [6.07, 6.45) is 9.16. The molecule has 100 valence electrons. The predicted octanol–water partition coefficient (Wildman–Crippen LogP) is 1.91. The second-order valence-electron chi connectivity index (χ2n) is 5.50. The Hall–Kier alpha value is -0.910. The molecule has 0 aromatic carbocycles. The molecule has 0 N–H and O–H groups in total. The Morgan fingerprint density at radius 1 is 1.28 bits per heavy atom. The molecule has 3 rings (SSSR count). The quantitative estimate of drug-likeness (QED) is 0.791. The van der Waals surface area contributed by atoms with Gasteiger partial charge in [0.1, 0.15) is 6.33 Å². The molecule has 0 radical (unpaired) electrons. The first-order valence-corrected chi connectivity index (χ1v) is 8.41. The summed E-state index contributed by atoms with van der Waals surface area (Å²) < 4.78 is 25.1. The number of hydrogen-bond acceptors (Lipinski definition) is 4. The molecule has 5 nitrogen and oxygen atoms in total. The minimum Gasteiger partial charge on any atom is -0.218 e. The highest BCUT2D eigenvalue weighted by molar-refractivity contribution is 7.89. The van der Waals surface area contributed by atoms with Crippen LogP contribution in [-0.4, -0.2) is 28.3 Å². The minimum atomic E-state index is -3.28. The van der Waals surface area contributed by atoms with Gasteiger partial charge in [0, 0.05) is 5.92 Å². The fraction of sp³-hybridized carbons (Fsp3) is 0.833. The van der Waals surface area contributed by atoms with Gasteiger partial charge in [0.2, 0.25) is 0 Å². The van der Waals surface area contributed by atoms with Crippen molar-refractivity contribution in [3.63, 3.8) is 0 Å². The molecule has 2 aliphatic rings. The summed E-state index contributed by atoms with van der Waals surface area (Å²) in [7, 11) is -3.28. The van der Waals surface area contributed by atoms with Crippen LogP contribution in [0.2, 0.25) is 0 Å². The first-order chi connectivity index (χ1) is 8.65. The van der Waals surface area contributed by atoms with Gasteiger partial charge < -0.3 is 0 Å². The lowest BCUT2D eigenvalue weighted by atomic mass is 9.82. The van der Waals surface area contributed by atoms with Crippen molar-refractivity contribution in [3.8, 4) is 0 Å². The van der Waals surface area contributed by atoms with E-state index in [2.05, 4.69) is 10.1 Å². The molecule has 6 heteroatoms. The van der Waals surface area contributed by atoms with Crippen molar-refractivity contribution in [2.45, 2.75) is 50.9 Å². The van der Waals surface area contributed by atoms with Crippen LogP contribution in [0.1, 0.15) is 56.7 Å². The average Bonchev–Trinajstić information content (AvgIpc) is 2.99. The Bertz CT molecular complexity index is 515. The van der Waals surface area contributed by atoms with Gasteiger partial charge in [-0.15, -0.1) is 9.19 Å². The zero-order valence-corrected chi connectivity index (χ0v) is 11.3. The van der Waals surface area contributed by atoms with Crippen molar-refractivity contribution in [2.24, 2.45) is 5.92 Å². The first-order valence-electron chi connectivity index (χ1n) is 6.80. The van der Waals surface area contributed by atoms with E-state index in [0.29, 0.717) is 11.7 Å². The van der Waals surface area contributed by atoms with E-state index in [1.165, 1.54) is 25.6 Å². The first kappa shape index (κ1) is 12.1. The van der Waals surface area contributed by atoms with Gasteiger partial charge in [0.15, 0.2) is 5.82 Å². The monoisotopic (exact) mass is 269 g/mol. The lowest BCUT2D eigenvalue weighted by Crippen LogP contribution is -2.19. The van der Waals surface area contributed by atoms with E-state index >= 15 is 0 Å². The normalized spacial score (nSPS) is 20.9. The van der Waals surface area contributed by atoms with E-state index in [9.17, 15) is 8.42 Å². The summed E-state index contributed by atoms with van der Waals surface area (Å²) in [5.41, 5.74) is 0. The lowest BCUT2D eigenvalue weighted by molar-refractivity contribution is 0.294. The van der Waals surface area contributed by atoms with Gasteiger partial charge in [-0.05, 0) is 31.6 Å². The average molecular weight is 269 g/mol. The lowest BCUT2D eigenvalue weighted by Gasteiger charge is -2.24. The number of nitrogens with zero attached hydrogens (tertiary/aromatic N) is 3. The Morgan fingerprint density at radius 3 is 2.67 bits per heavy atom. The van der Waals surface area contributed by atoms with Gasteiger partial charge >= 0.3 is 0 Å². The molecule has 1 aromatic heterocycles. The van der Waals surface area contributed by atoms with Crippen LogP contribution in [0.3, 0.4) is 0 Å². The van der Waals surface area contributed by atoms with Crippen molar-refractivity contribution in [3.05, 3.63) is 12.2 Å². The van der Waals surface area contributed by atoms with Crippen LogP contribution in [0.25, 0.3) is 0 Å². The molecular formula is C12H19N3O2S. The second kappa shape index (κ2) is 4.64. The Kier molecular flexibility index (Phi) is 3.13. The minimum absolute atomic E-state index is 0.191. The van der Waals surface area contributed by atoms with E-state index in [1.807, 2.05) is 0 Å². The third-order valence-corrected chi connectivity index (χ3v) is 5.51. The standard InChI is InChI=1S/C12H19N3O2S/c16-18(17,8-2-5-10-3-1-4-10)15-9-13-12(14-15)11-6-7-11/h9-11H,1-8H2. The maximum absolute atomic E-state index is 12.0. The molecule has 2 aliphatic carbocycles. The van der Waals surface area contributed by atoms with Crippen molar-refractivity contribution in [2.75, 3.05) is 5.75 Å². The number of aromatic nitrogens is 3. The smallest absolute Gasteiger partial charge is 0.218 e. The second-order valence-corrected chi connectivity index (χ2v) is 7.45. The Morgan fingerprint density at radius 2 is 2.06 bits per heavy atom. The molecule has 0 atom stereocenters. The van der Waals surface area contributed by atoms with Gasteiger partial charge in [-0.25, -0.2) is 13.4 Å². The van der Waals surface area contributed by atoms with E-state index in [0.717, 1.165) is 35.7 Å². The third kappa shape index (κ3) is 2.58. The molecule has 1 aromatic rings. The van der Waals surface area contributed by atoms with Gasteiger partial charge in [-0.1, -0.05) is 19.3 Å². The van der Waals surface area contributed by atoms with Gasteiger partial charge in [-0.3, -0.25) is 0 Å². The van der Waals surface area contributed by atoms with Crippen LogP contribution in [0.4, 0.5) is 0 Å². The summed E-state index contributed by atoms with van der Waals surface area (Å²) in [4.78, 5) is 4.09. The summed E-state index contributed by atoms with van der Waals surface area (Å²) in [6.45, 7) is 0. The number of hydrogen-bond donors (Lipinski definition) is 0. The molecule has 0 amide bonds. The molecule has 0 unspecified atom stereocenters. The molecule has 1 heterocycles. The van der Waals surface area contributed by atoms with E-state index in [-0.39, 0.29) is 5.75 Å². The molecule has 18 heavy (non-hydrogen) atoms. The molecule has 0 bridgehead atoms. The zero-order chi connectivity index (χ0) is 12.6. The maximum atomic E-state index is 12.0. The largest absolute Gasteiger partial charge is 0.255 e. The van der Waals surface area contributed by atoms with Crippen LogP contribution in [0, 0.1) is 5.92 Å². The van der Waals surface area contributed by atoms with Crippen LogP contribution < -0.4 is 0 Å². The number of rotatable bonds is 6. The SMILES string of the molecule is O=S(=O)(CCCC1CCC1)n1cnc(C2CC2)n1. The van der Waals surface area contributed by atoms with Crippen LogP contribution >= 0.6 is 0 Å². The van der Waals surface area contributed by atoms with Crippen LogP contribution in [0.15, 0.2) is 6.33 Å². The van der Waals surface area contributed by atoms with Crippen LogP contribution in [-0.2, 0) is 10.0 Å². The fourth-order valence-corrected chi connectivity index (χ4v) is 3.47. The topological polar surface area (TPSA) is 64.8 Å². The highest BCUT2D eigenvalue weighted by Gasteiger charge is 2.29. The molecular weight excluding hydrogens is 250 g/mol. The Labute approximate surface area is 108 Å². The van der Waals surface area contributed by atoms with E-state index in [1.54, 1.807) is 0 Å². The molecule has 2 saturated carbocycles. The van der Waals surface area contributed by atoms with Gasteiger partial charge in [-0.2, -0.15) is 0 Å². The van der Waals surface area contributed by atoms with E-state index in [4.69, 9.17) is 0 Å². The third-order valence-electron chi connectivity index (χ3n) is 3.96. The van der Waals surface area contributed by atoms with Crippen molar-refractivity contribution < 1.29 is 8.42 Å². The van der Waals surface area contributed by atoms with E-state index < -0.39 is 10.0 Å². The Balaban J connectivity index is 1.57. The van der Waals surface area contributed by atoms with Crippen LogP contribution in [0.5, 0.6) is 0 Å². The van der Waals surface area contributed by atoms with Gasteiger partial charge in [0.05, 0.1) is 5.75 Å². The maximum Gasteiger partial charge on any atom is 0.255 e. The zero-order valence-electron chi connectivity index (χ0n) is 10.5. The highest BCUT2D eigenvalue weighted by atomic mass is 32.2. The van der Waals surface area contributed by atoms with Gasteiger partial charge in [0.25, 0.3) is 10.0 Å². The summed E-state index contributed by atoms with van der Waals surface area (Å²) in [5, 5.41) is 4.09. The summed E-state index contributed by atoms with van der Waals surface area (Å²) >= 11 is 0. The predicted molar refractivity (Wildman–Crippen MR) is 67.8 cm³/mol. The molecule has 0 spiro atoms. The molecule has 0 aliphatic heterocycles. The highest BCUT2D eigenvalue weighted by Crippen LogP contribution is 2.37. The molecule has 2 fully saturated rings. The molecule has 0 saturated heterocycles. The summed E-state index contributed by atoms with van der Waals surface area (Å²) in [6, 6.07) is 0. The van der Waals surface area contributed by atoms with Crippen molar-refractivity contribution in [1.29, 1.82) is 0 Å². The van der Waals surface area contributed by atoms with Crippen molar-refractivity contribution in [1.82, 2.24) is 14.2 Å². The fourth-order valence-electron chi connectivity index (χ4n) is 2.35. The summed E-state index contributed by atoms with van der Waals surface area (Å²) in [5.74, 6) is 2.05. The van der Waals surface area contributed by atoms with Crippen molar-refractivity contribution >= 4 is 10.0 Å².